The van der Waals surface area contributed by atoms with Crippen molar-refractivity contribution in [3.05, 3.63) is 88.8 Å². The fraction of sp³-hybridized carbons (Fsp3) is 0.167. The Hall–Kier alpha value is -3.45. The van der Waals surface area contributed by atoms with E-state index in [1.54, 1.807) is 18.3 Å². The predicted molar refractivity (Wildman–Crippen MR) is 125 cm³/mol. The van der Waals surface area contributed by atoms with Crippen LogP contribution in [0.5, 0.6) is 0 Å². The maximum Gasteiger partial charge on any atom is 0.268 e. The molecule has 0 bridgehead atoms. The van der Waals surface area contributed by atoms with Gasteiger partial charge in [-0.25, -0.2) is 9.97 Å². The SMILES string of the molecule is CC(C)c1ccc(NC(=O)CSc2nc3ncccc3c(=O)n2-c2ccccc2)cc1. The molecule has 0 saturated heterocycles. The van der Waals surface area contributed by atoms with Gasteiger partial charge in [-0.1, -0.05) is 55.9 Å². The number of fused-ring (bicyclic) bond motifs is 1. The summed E-state index contributed by atoms with van der Waals surface area (Å²) in [5, 5.41) is 3.76. The molecule has 0 spiro atoms. The Morgan fingerprint density at radius 2 is 1.77 bits per heavy atom. The number of benzene rings is 2. The highest BCUT2D eigenvalue weighted by Crippen LogP contribution is 2.21. The van der Waals surface area contributed by atoms with Gasteiger partial charge in [-0.2, -0.15) is 0 Å². The first-order chi connectivity index (χ1) is 15.0. The second-order valence-electron chi connectivity index (χ2n) is 7.36. The Labute approximate surface area is 184 Å². The maximum absolute atomic E-state index is 13.1. The highest BCUT2D eigenvalue weighted by atomic mass is 32.2. The molecule has 1 amide bonds. The average molecular weight is 431 g/mol. The normalized spacial score (nSPS) is 11.1. The molecule has 4 aromatic rings. The predicted octanol–water partition coefficient (Wildman–Crippen LogP) is 4.63. The van der Waals surface area contributed by atoms with Crippen molar-refractivity contribution in [1.29, 1.82) is 0 Å². The third-order valence-electron chi connectivity index (χ3n) is 4.82. The van der Waals surface area contributed by atoms with Gasteiger partial charge < -0.3 is 5.32 Å². The summed E-state index contributed by atoms with van der Waals surface area (Å²) in [5.74, 6) is 0.378. The lowest BCUT2D eigenvalue weighted by molar-refractivity contribution is -0.113. The number of para-hydroxylation sites is 1. The average Bonchev–Trinajstić information content (AvgIpc) is 2.79. The number of aromatic nitrogens is 3. The molecule has 2 aromatic heterocycles. The van der Waals surface area contributed by atoms with Gasteiger partial charge in [0.05, 0.1) is 16.8 Å². The van der Waals surface area contributed by atoms with Crippen LogP contribution in [0.2, 0.25) is 0 Å². The Bertz CT molecular complexity index is 1270. The number of nitrogens with one attached hydrogen (secondary N) is 1. The highest BCUT2D eigenvalue weighted by Gasteiger charge is 2.15. The number of carbonyl (C=O) groups is 1. The van der Waals surface area contributed by atoms with Crippen LogP contribution in [-0.2, 0) is 4.79 Å². The van der Waals surface area contributed by atoms with E-state index in [9.17, 15) is 9.59 Å². The van der Waals surface area contributed by atoms with Gasteiger partial charge in [0.25, 0.3) is 5.56 Å². The Morgan fingerprint density at radius 3 is 2.48 bits per heavy atom. The molecule has 0 aliphatic rings. The summed E-state index contributed by atoms with van der Waals surface area (Å²) in [6.45, 7) is 4.25. The zero-order valence-corrected chi connectivity index (χ0v) is 18.1. The standard InChI is InChI=1S/C24H22N4O2S/c1-16(2)17-10-12-18(13-11-17)26-21(29)15-31-24-27-22-20(9-6-14-25-22)23(30)28(24)19-7-4-3-5-8-19/h3-14,16H,15H2,1-2H3,(H,26,29). The van der Waals surface area contributed by atoms with E-state index >= 15 is 0 Å². The largest absolute Gasteiger partial charge is 0.325 e. The summed E-state index contributed by atoms with van der Waals surface area (Å²) >= 11 is 1.21. The minimum absolute atomic E-state index is 0.115. The van der Waals surface area contributed by atoms with E-state index in [0.29, 0.717) is 27.8 Å². The summed E-state index contributed by atoms with van der Waals surface area (Å²) in [5.41, 5.74) is 2.80. The molecular formula is C24H22N4O2S. The lowest BCUT2D eigenvalue weighted by Gasteiger charge is -2.13. The summed E-state index contributed by atoms with van der Waals surface area (Å²) in [7, 11) is 0. The molecule has 2 aromatic carbocycles. The molecule has 4 rings (SSSR count). The molecule has 0 radical (unpaired) electrons. The van der Waals surface area contributed by atoms with Gasteiger partial charge in [-0.05, 0) is 47.9 Å². The Morgan fingerprint density at radius 1 is 1.03 bits per heavy atom. The zero-order valence-electron chi connectivity index (χ0n) is 17.3. The smallest absolute Gasteiger partial charge is 0.268 e. The highest BCUT2D eigenvalue weighted by molar-refractivity contribution is 7.99. The summed E-state index contributed by atoms with van der Waals surface area (Å²) < 4.78 is 1.53. The second kappa shape index (κ2) is 9.14. The summed E-state index contributed by atoms with van der Waals surface area (Å²) in [4.78, 5) is 34.5. The molecule has 7 heteroatoms. The number of pyridine rings is 1. The number of hydrogen-bond donors (Lipinski definition) is 1. The first-order valence-electron chi connectivity index (χ1n) is 9.99. The molecule has 0 fully saturated rings. The molecule has 1 N–H and O–H groups in total. The third-order valence-corrected chi connectivity index (χ3v) is 5.76. The van der Waals surface area contributed by atoms with Crippen molar-refractivity contribution < 1.29 is 4.79 Å². The van der Waals surface area contributed by atoms with Gasteiger partial charge in [0.15, 0.2) is 10.8 Å². The van der Waals surface area contributed by atoms with Gasteiger partial charge in [0.1, 0.15) is 0 Å². The van der Waals surface area contributed by atoms with Crippen LogP contribution in [0.3, 0.4) is 0 Å². The zero-order chi connectivity index (χ0) is 21.8. The van der Waals surface area contributed by atoms with Crippen molar-refractivity contribution >= 4 is 34.4 Å². The lowest BCUT2D eigenvalue weighted by Crippen LogP contribution is -2.23. The van der Waals surface area contributed by atoms with E-state index in [-0.39, 0.29) is 17.2 Å². The van der Waals surface area contributed by atoms with E-state index in [1.165, 1.54) is 21.9 Å². The van der Waals surface area contributed by atoms with Crippen LogP contribution in [0.4, 0.5) is 5.69 Å². The number of rotatable bonds is 6. The Balaban J connectivity index is 1.59. The molecular weight excluding hydrogens is 408 g/mol. The maximum atomic E-state index is 13.1. The van der Waals surface area contributed by atoms with Crippen molar-refractivity contribution in [2.75, 3.05) is 11.1 Å². The number of anilines is 1. The molecule has 31 heavy (non-hydrogen) atoms. The van der Waals surface area contributed by atoms with Gasteiger partial charge in [-0.3, -0.25) is 14.2 Å². The molecule has 6 nitrogen and oxygen atoms in total. The number of amides is 1. The molecule has 2 heterocycles. The Kier molecular flexibility index (Phi) is 6.13. The number of hydrogen-bond acceptors (Lipinski definition) is 5. The van der Waals surface area contributed by atoms with Crippen LogP contribution in [0.25, 0.3) is 16.7 Å². The van der Waals surface area contributed by atoms with E-state index in [2.05, 4.69) is 29.1 Å². The molecule has 0 aliphatic heterocycles. The van der Waals surface area contributed by atoms with Crippen molar-refractivity contribution in [3.8, 4) is 5.69 Å². The first kappa shape index (κ1) is 20.8. The monoisotopic (exact) mass is 430 g/mol. The van der Waals surface area contributed by atoms with Gasteiger partial charge in [-0.15, -0.1) is 0 Å². The van der Waals surface area contributed by atoms with E-state index in [0.717, 1.165) is 5.69 Å². The van der Waals surface area contributed by atoms with Crippen LogP contribution in [0.15, 0.2) is 82.9 Å². The van der Waals surface area contributed by atoms with Gasteiger partial charge in [0.2, 0.25) is 5.91 Å². The van der Waals surface area contributed by atoms with E-state index < -0.39 is 0 Å². The van der Waals surface area contributed by atoms with Gasteiger partial charge in [0, 0.05) is 11.9 Å². The van der Waals surface area contributed by atoms with Crippen LogP contribution >= 0.6 is 11.8 Å². The fourth-order valence-electron chi connectivity index (χ4n) is 3.18. The van der Waals surface area contributed by atoms with E-state index in [1.807, 2.05) is 54.6 Å². The number of nitrogens with zero attached hydrogens (tertiary/aromatic N) is 3. The quantitative estimate of drug-likeness (QED) is 0.356. The summed E-state index contributed by atoms with van der Waals surface area (Å²) in [6.07, 6.45) is 1.60. The van der Waals surface area contributed by atoms with Crippen LogP contribution in [0.1, 0.15) is 25.3 Å². The first-order valence-corrected chi connectivity index (χ1v) is 11.0. The number of carbonyl (C=O) groups excluding carboxylic acids is 1. The summed E-state index contributed by atoms with van der Waals surface area (Å²) in [6, 6.07) is 20.5. The minimum Gasteiger partial charge on any atom is -0.325 e. The minimum atomic E-state index is -0.212. The number of thioether (sulfide) groups is 1. The van der Waals surface area contributed by atoms with Crippen molar-refractivity contribution in [2.45, 2.75) is 24.9 Å². The molecule has 0 unspecified atom stereocenters. The van der Waals surface area contributed by atoms with E-state index in [4.69, 9.17) is 0 Å². The van der Waals surface area contributed by atoms with Crippen LogP contribution < -0.4 is 10.9 Å². The van der Waals surface area contributed by atoms with Gasteiger partial charge >= 0.3 is 0 Å². The molecule has 0 saturated carbocycles. The third kappa shape index (κ3) is 4.67. The molecule has 0 aliphatic carbocycles. The lowest BCUT2D eigenvalue weighted by atomic mass is 10.0. The fourth-order valence-corrected chi connectivity index (χ4v) is 3.98. The van der Waals surface area contributed by atoms with Crippen molar-refractivity contribution in [2.24, 2.45) is 0 Å². The molecule has 0 atom stereocenters. The second-order valence-corrected chi connectivity index (χ2v) is 8.30. The van der Waals surface area contributed by atoms with Crippen LogP contribution in [-0.4, -0.2) is 26.2 Å². The van der Waals surface area contributed by atoms with Crippen LogP contribution in [0, 0.1) is 0 Å². The van der Waals surface area contributed by atoms with Crippen molar-refractivity contribution in [1.82, 2.24) is 14.5 Å². The molecule has 156 valence electrons. The van der Waals surface area contributed by atoms with Crippen molar-refractivity contribution in [3.63, 3.8) is 0 Å². The topological polar surface area (TPSA) is 76.9 Å².